The van der Waals surface area contributed by atoms with E-state index in [0.29, 0.717) is 13.0 Å². The van der Waals surface area contributed by atoms with Crippen LogP contribution in [0.15, 0.2) is 30.6 Å². The highest BCUT2D eigenvalue weighted by atomic mass is 19.1. The van der Waals surface area contributed by atoms with Crippen LogP contribution in [0.25, 0.3) is 0 Å². The summed E-state index contributed by atoms with van der Waals surface area (Å²) in [6.45, 7) is 2.20. The SMILES string of the molecule is CC(N)c1ccc(OCCc2nccn2C)c(F)c1. The van der Waals surface area contributed by atoms with E-state index in [1.807, 2.05) is 24.7 Å². The summed E-state index contributed by atoms with van der Waals surface area (Å²) < 4.78 is 21.1. The fourth-order valence-electron chi connectivity index (χ4n) is 1.81. The van der Waals surface area contributed by atoms with Crippen LogP contribution in [-0.2, 0) is 13.5 Å². The molecule has 1 atom stereocenters. The molecule has 19 heavy (non-hydrogen) atoms. The van der Waals surface area contributed by atoms with Gasteiger partial charge in [-0.05, 0) is 24.6 Å². The van der Waals surface area contributed by atoms with Gasteiger partial charge in [0.1, 0.15) is 5.82 Å². The maximum absolute atomic E-state index is 13.8. The number of benzene rings is 1. The third kappa shape index (κ3) is 3.32. The van der Waals surface area contributed by atoms with E-state index in [1.165, 1.54) is 6.07 Å². The zero-order valence-corrected chi connectivity index (χ0v) is 11.1. The van der Waals surface area contributed by atoms with Crippen molar-refractivity contribution in [3.05, 3.63) is 47.8 Å². The van der Waals surface area contributed by atoms with Gasteiger partial charge in [0.05, 0.1) is 6.61 Å². The van der Waals surface area contributed by atoms with Crippen LogP contribution < -0.4 is 10.5 Å². The molecule has 0 radical (unpaired) electrons. The largest absolute Gasteiger partial charge is 0.490 e. The van der Waals surface area contributed by atoms with Crippen LogP contribution in [-0.4, -0.2) is 16.2 Å². The second kappa shape index (κ2) is 5.84. The quantitative estimate of drug-likeness (QED) is 0.899. The molecule has 2 N–H and O–H groups in total. The highest BCUT2D eigenvalue weighted by Crippen LogP contribution is 2.21. The second-order valence-electron chi connectivity index (χ2n) is 4.53. The molecule has 0 bridgehead atoms. The average molecular weight is 263 g/mol. The van der Waals surface area contributed by atoms with Gasteiger partial charge in [0.25, 0.3) is 0 Å². The van der Waals surface area contributed by atoms with Gasteiger partial charge >= 0.3 is 0 Å². The zero-order chi connectivity index (χ0) is 13.8. The van der Waals surface area contributed by atoms with Gasteiger partial charge in [-0.2, -0.15) is 0 Å². The minimum absolute atomic E-state index is 0.184. The van der Waals surface area contributed by atoms with Crippen molar-refractivity contribution in [2.45, 2.75) is 19.4 Å². The van der Waals surface area contributed by atoms with Crippen molar-refractivity contribution >= 4 is 0 Å². The Morgan fingerprint density at radius 2 is 2.26 bits per heavy atom. The van der Waals surface area contributed by atoms with Gasteiger partial charge in [-0.25, -0.2) is 9.37 Å². The highest BCUT2D eigenvalue weighted by molar-refractivity contribution is 5.30. The number of nitrogens with zero attached hydrogens (tertiary/aromatic N) is 2. The smallest absolute Gasteiger partial charge is 0.165 e. The van der Waals surface area contributed by atoms with Gasteiger partial charge in [0.15, 0.2) is 11.6 Å². The molecule has 1 aromatic carbocycles. The van der Waals surface area contributed by atoms with Crippen molar-refractivity contribution in [3.63, 3.8) is 0 Å². The summed E-state index contributed by atoms with van der Waals surface area (Å²) in [4.78, 5) is 4.18. The van der Waals surface area contributed by atoms with Gasteiger partial charge < -0.3 is 15.0 Å². The number of imidazole rings is 1. The molecular formula is C14H18FN3O. The number of nitrogens with two attached hydrogens (primary N) is 1. The molecule has 4 nitrogen and oxygen atoms in total. The fraction of sp³-hybridized carbons (Fsp3) is 0.357. The van der Waals surface area contributed by atoms with E-state index in [9.17, 15) is 4.39 Å². The Bertz CT molecular complexity index is 551. The lowest BCUT2D eigenvalue weighted by Gasteiger charge is -2.10. The molecule has 0 saturated heterocycles. The summed E-state index contributed by atoms with van der Waals surface area (Å²) in [5, 5.41) is 0. The van der Waals surface area contributed by atoms with Crippen molar-refractivity contribution in [1.82, 2.24) is 9.55 Å². The van der Waals surface area contributed by atoms with E-state index in [-0.39, 0.29) is 17.6 Å². The van der Waals surface area contributed by atoms with Crippen LogP contribution in [0, 0.1) is 5.82 Å². The standard InChI is InChI=1S/C14H18FN3O/c1-10(16)11-3-4-13(12(15)9-11)19-8-5-14-17-6-7-18(14)2/h3-4,6-7,9-10H,5,8,16H2,1-2H3. The Balaban J connectivity index is 1.95. The van der Waals surface area contributed by atoms with E-state index in [0.717, 1.165) is 11.4 Å². The summed E-state index contributed by atoms with van der Waals surface area (Å²) >= 11 is 0. The summed E-state index contributed by atoms with van der Waals surface area (Å²) in [7, 11) is 1.92. The van der Waals surface area contributed by atoms with Crippen molar-refractivity contribution in [1.29, 1.82) is 0 Å². The third-order valence-electron chi connectivity index (χ3n) is 2.99. The molecule has 0 aliphatic carbocycles. The monoisotopic (exact) mass is 263 g/mol. The predicted octanol–water partition coefficient (Wildman–Crippen LogP) is 2.20. The van der Waals surface area contributed by atoms with Crippen molar-refractivity contribution < 1.29 is 9.13 Å². The Hall–Kier alpha value is -1.88. The molecular weight excluding hydrogens is 245 g/mol. The summed E-state index contributed by atoms with van der Waals surface area (Å²) in [5.74, 6) is 0.779. The van der Waals surface area contributed by atoms with Crippen LogP contribution in [0.5, 0.6) is 5.75 Å². The third-order valence-corrected chi connectivity index (χ3v) is 2.99. The molecule has 1 heterocycles. The molecule has 0 amide bonds. The molecule has 5 heteroatoms. The molecule has 2 aromatic rings. The summed E-state index contributed by atoms with van der Waals surface area (Å²) in [5.41, 5.74) is 6.45. The minimum Gasteiger partial charge on any atom is -0.490 e. The molecule has 0 spiro atoms. The fourth-order valence-corrected chi connectivity index (χ4v) is 1.81. The van der Waals surface area contributed by atoms with Crippen molar-refractivity contribution in [3.8, 4) is 5.75 Å². The molecule has 1 aromatic heterocycles. The molecule has 0 saturated carbocycles. The van der Waals surface area contributed by atoms with Crippen LogP contribution >= 0.6 is 0 Å². The lowest BCUT2D eigenvalue weighted by molar-refractivity contribution is 0.301. The van der Waals surface area contributed by atoms with E-state index < -0.39 is 0 Å². The van der Waals surface area contributed by atoms with Crippen molar-refractivity contribution in [2.24, 2.45) is 12.8 Å². The number of hydrogen-bond donors (Lipinski definition) is 1. The van der Waals surface area contributed by atoms with Gasteiger partial charge in [0, 0.05) is 31.9 Å². The lowest BCUT2D eigenvalue weighted by Crippen LogP contribution is -2.08. The number of hydrogen-bond acceptors (Lipinski definition) is 3. The van der Waals surface area contributed by atoms with Gasteiger partial charge in [-0.15, -0.1) is 0 Å². The minimum atomic E-state index is -0.380. The average Bonchev–Trinajstić information content (AvgIpc) is 2.77. The number of ether oxygens (including phenoxy) is 1. The van der Waals surface area contributed by atoms with E-state index in [1.54, 1.807) is 18.3 Å². The number of halogens is 1. The topological polar surface area (TPSA) is 53.1 Å². The summed E-state index contributed by atoms with van der Waals surface area (Å²) in [6, 6.07) is 4.63. The lowest BCUT2D eigenvalue weighted by atomic mass is 10.1. The molecule has 0 aliphatic rings. The predicted molar refractivity (Wildman–Crippen MR) is 71.4 cm³/mol. The van der Waals surface area contributed by atoms with Gasteiger partial charge in [0.2, 0.25) is 0 Å². The van der Waals surface area contributed by atoms with Crippen LogP contribution in [0.2, 0.25) is 0 Å². The Kier molecular flexibility index (Phi) is 4.16. The summed E-state index contributed by atoms with van der Waals surface area (Å²) in [6.07, 6.45) is 4.23. The second-order valence-corrected chi connectivity index (χ2v) is 4.53. The zero-order valence-electron chi connectivity index (χ0n) is 11.1. The van der Waals surface area contributed by atoms with E-state index in [4.69, 9.17) is 10.5 Å². The van der Waals surface area contributed by atoms with E-state index >= 15 is 0 Å². The Labute approximate surface area is 112 Å². The normalized spacial score (nSPS) is 12.4. The maximum Gasteiger partial charge on any atom is 0.165 e. The van der Waals surface area contributed by atoms with Crippen molar-refractivity contribution in [2.75, 3.05) is 6.61 Å². The number of aromatic nitrogens is 2. The maximum atomic E-state index is 13.8. The Morgan fingerprint density at radius 3 is 2.84 bits per heavy atom. The molecule has 2 rings (SSSR count). The van der Waals surface area contributed by atoms with Crippen LogP contribution in [0.3, 0.4) is 0 Å². The first kappa shape index (κ1) is 13.5. The van der Waals surface area contributed by atoms with Gasteiger partial charge in [-0.1, -0.05) is 6.07 Å². The first-order valence-corrected chi connectivity index (χ1v) is 6.22. The van der Waals surface area contributed by atoms with Gasteiger partial charge in [-0.3, -0.25) is 0 Å². The number of aryl methyl sites for hydroxylation is 1. The first-order valence-electron chi connectivity index (χ1n) is 6.22. The molecule has 0 fully saturated rings. The van der Waals surface area contributed by atoms with Crippen LogP contribution in [0.4, 0.5) is 4.39 Å². The number of rotatable bonds is 5. The molecule has 0 aliphatic heterocycles. The molecule has 1 unspecified atom stereocenters. The Morgan fingerprint density at radius 1 is 1.47 bits per heavy atom. The van der Waals surface area contributed by atoms with E-state index in [2.05, 4.69) is 4.98 Å². The van der Waals surface area contributed by atoms with Crippen LogP contribution in [0.1, 0.15) is 24.4 Å². The first-order chi connectivity index (χ1) is 9.08. The molecule has 102 valence electrons. The highest BCUT2D eigenvalue weighted by Gasteiger charge is 2.08.